The highest BCUT2D eigenvalue weighted by molar-refractivity contribution is 5.74. The Bertz CT molecular complexity index is 195. The van der Waals surface area contributed by atoms with E-state index in [2.05, 4.69) is 10.6 Å². The molecule has 0 unspecified atom stereocenters. The predicted molar refractivity (Wildman–Crippen MR) is 56.1 cm³/mol. The number of nitrogens with one attached hydrogen (secondary N) is 2. The summed E-state index contributed by atoms with van der Waals surface area (Å²) in [6, 6.07) is 0.486. The molecule has 2 N–H and O–H groups in total. The molecule has 3 heteroatoms. The Balaban J connectivity index is 1.57. The average Bonchev–Trinajstić information content (AvgIpc) is 2.54. The SMILES string of the molecule is O=C(NCC1CCC1)NC1CCCC1. The fourth-order valence-electron chi connectivity index (χ4n) is 2.24. The standard InChI is InChI=1S/C11H20N2O/c14-11(12-8-9-4-3-5-9)13-10-6-1-2-7-10/h9-10H,1-8H2,(H2,12,13,14). The van der Waals surface area contributed by atoms with Crippen LogP contribution < -0.4 is 10.6 Å². The minimum atomic E-state index is 0.0452. The van der Waals surface area contributed by atoms with E-state index in [1.807, 2.05) is 0 Å². The number of urea groups is 1. The van der Waals surface area contributed by atoms with Crippen molar-refractivity contribution >= 4 is 6.03 Å². The molecular weight excluding hydrogens is 176 g/mol. The number of carbonyl (C=O) groups is 1. The summed E-state index contributed by atoms with van der Waals surface area (Å²) in [4.78, 5) is 11.4. The van der Waals surface area contributed by atoms with Crippen LogP contribution in [0.25, 0.3) is 0 Å². The lowest BCUT2D eigenvalue weighted by molar-refractivity contribution is 0.229. The lowest BCUT2D eigenvalue weighted by Gasteiger charge is -2.25. The van der Waals surface area contributed by atoms with Crippen molar-refractivity contribution < 1.29 is 4.79 Å². The molecule has 0 aromatic carbocycles. The second-order valence-corrected chi connectivity index (χ2v) is 4.63. The van der Waals surface area contributed by atoms with Crippen molar-refractivity contribution in [1.29, 1.82) is 0 Å². The number of hydrogen-bond donors (Lipinski definition) is 2. The molecule has 2 amide bonds. The van der Waals surface area contributed by atoms with Crippen molar-refractivity contribution in [3.8, 4) is 0 Å². The van der Waals surface area contributed by atoms with E-state index in [4.69, 9.17) is 0 Å². The molecule has 0 aliphatic heterocycles. The maximum Gasteiger partial charge on any atom is 0.315 e. The van der Waals surface area contributed by atoms with Crippen LogP contribution in [0.2, 0.25) is 0 Å². The molecule has 3 nitrogen and oxygen atoms in total. The first-order chi connectivity index (χ1) is 6.84. The molecule has 2 rings (SSSR count). The van der Waals surface area contributed by atoms with Crippen LogP contribution >= 0.6 is 0 Å². The Morgan fingerprint density at radius 2 is 1.79 bits per heavy atom. The summed E-state index contributed by atoms with van der Waals surface area (Å²) in [5.74, 6) is 0.754. The smallest absolute Gasteiger partial charge is 0.315 e. The van der Waals surface area contributed by atoms with Gasteiger partial charge in [-0.05, 0) is 31.6 Å². The molecule has 80 valence electrons. The molecule has 0 aromatic rings. The van der Waals surface area contributed by atoms with Crippen LogP contribution in [-0.2, 0) is 0 Å². The van der Waals surface area contributed by atoms with E-state index in [1.165, 1.54) is 32.1 Å². The lowest BCUT2D eigenvalue weighted by atomic mass is 9.85. The third-order valence-electron chi connectivity index (χ3n) is 3.47. The van der Waals surface area contributed by atoms with Gasteiger partial charge in [0.15, 0.2) is 0 Å². The van der Waals surface area contributed by atoms with Crippen molar-refractivity contribution in [3.05, 3.63) is 0 Å². The van der Waals surface area contributed by atoms with Gasteiger partial charge in [-0.3, -0.25) is 0 Å². The molecular formula is C11H20N2O. The van der Waals surface area contributed by atoms with Crippen LogP contribution in [0.5, 0.6) is 0 Å². The fourth-order valence-corrected chi connectivity index (χ4v) is 2.24. The molecule has 0 spiro atoms. The summed E-state index contributed by atoms with van der Waals surface area (Å²) in [5, 5.41) is 5.99. The Hall–Kier alpha value is -0.730. The largest absolute Gasteiger partial charge is 0.338 e. The Morgan fingerprint density at radius 3 is 2.36 bits per heavy atom. The van der Waals surface area contributed by atoms with Gasteiger partial charge in [0.1, 0.15) is 0 Å². The van der Waals surface area contributed by atoms with Crippen molar-refractivity contribution in [3.63, 3.8) is 0 Å². The Morgan fingerprint density at radius 1 is 1.07 bits per heavy atom. The van der Waals surface area contributed by atoms with Crippen LogP contribution in [0.1, 0.15) is 44.9 Å². The summed E-state index contributed by atoms with van der Waals surface area (Å²) in [6.07, 6.45) is 8.80. The normalized spacial score (nSPS) is 23.1. The topological polar surface area (TPSA) is 41.1 Å². The number of hydrogen-bond acceptors (Lipinski definition) is 1. The summed E-state index contributed by atoms with van der Waals surface area (Å²) in [5.41, 5.74) is 0. The molecule has 0 atom stereocenters. The van der Waals surface area contributed by atoms with Gasteiger partial charge in [0, 0.05) is 12.6 Å². The third-order valence-corrected chi connectivity index (χ3v) is 3.47. The second kappa shape index (κ2) is 4.67. The summed E-state index contributed by atoms with van der Waals surface area (Å²) >= 11 is 0. The number of carbonyl (C=O) groups excluding carboxylic acids is 1. The van der Waals surface area contributed by atoms with Gasteiger partial charge < -0.3 is 10.6 Å². The van der Waals surface area contributed by atoms with Gasteiger partial charge in [-0.1, -0.05) is 19.3 Å². The van der Waals surface area contributed by atoms with E-state index >= 15 is 0 Å². The second-order valence-electron chi connectivity index (χ2n) is 4.63. The van der Waals surface area contributed by atoms with Gasteiger partial charge in [0.05, 0.1) is 0 Å². The van der Waals surface area contributed by atoms with Crippen molar-refractivity contribution in [2.75, 3.05) is 6.54 Å². The molecule has 2 aliphatic carbocycles. The molecule has 2 aliphatic rings. The molecule has 0 bridgehead atoms. The first-order valence-electron chi connectivity index (χ1n) is 5.89. The zero-order valence-electron chi connectivity index (χ0n) is 8.72. The van der Waals surface area contributed by atoms with Crippen LogP contribution in [0.15, 0.2) is 0 Å². The van der Waals surface area contributed by atoms with Crippen LogP contribution in [-0.4, -0.2) is 18.6 Å². The highest BCUT2D eigenvalue weighted by atomic mass is 16.2. The van der Waals surface area contributed by atoms with Crippen LogP contribution in [0.4, 0.5) is 4.79 Å². The highest BCUT2D eigenvalue weighted by Gasteiger charge is 2.20. The van der Waals surface area contributed by atoms with E-state index in [1.54, 1.807) is 0 Å². The van der Waals surface area contributed by atoms with E-state index in [9.17, 15) is 4.79 Å². The summed E-state index contributed by atoms with van der Waals surface area (Å²) in [6.45, 7) is 0.874. The summed E-state index contributed by atoms with van der Waals surface area (Å²) < 4.78 is 0. The average molecular weight is 196 g/mol. The maximum absolute atomic E-state index is 11.4. The van der Waals surface area contributed by atoms with Gasteiger partial charge in [0.2, 0.25) is 0 Å². The number of amides is 2. The van der Waals surface area contributed by atoms with E-state index in [-0.39, 0.29) is 6.03 Å². The molecule has 0 radical (unpaired) electrons. The zero-order chi connectivity index (χ0) is 9.80. The molecule has 14 heavy (non-hydrogen) atoms. The Kier molecular flexibility index (Phi) is 3.27. The molecule has 0 saturated heterocycles. The number of rotatable bonds is 3. The van der Waals surface area contributed by atoms with Crippen molar-refractivity contribution in [2.24, 2.45) is 5.92 Å². The van der Waals surface area contributed by atoms with Crippen molar-refractivity contribution in [2.45, 2.75) is 51.0 Å². The van der Waals surface area contributed by atoms with Crippen molar-refractivity contribution in [1.82, 2.24) is 10.6 Å². The third kappa shape index (κ3) is 2.63. The monoisotopic (exact) mass is 196 g/mol. The minimum Gasteiger partial charge on any atom is -0.338 e. The fraction of sp³-hybridized carbons (Fsp3) is 0.909. The van der Waals surface area contributed by atoms with Gasteiger partial charge in [0.25, 0.3) is 0 Å². The summed E-state index contributed by atoms with van der Waals surface area (Å²) in [7, 11) is 0. The first-order valence-corrected chi connectivity index (χ1v) is 5.89. The van der Waals surface area contributed by atoms with Crippen LogP contribution in [0, 0.1) is 5.92 Å². The van der Waals surface area contributed by atoms with E-state index in [0.717, 1.165) is 25.3 Å². The quantitative estimate of drug-likeness (QED) is 0.712. The zero-order valence-corrected chi connectivity index (χ0v) is 8.72. The molecule has 0 aromatic heterocycles. The van der Waals surface area contributed by atoms with Gasteiger partial charge in [-0.15, -0.1) is 0 Å². The molecule has 2 saturated carbocycles. The molecule has 2 fully saturated rings. The molecule has 0 heterocycles. The Labute approximate surface area is 85.6 Å². The van der Waals surface area contributed by atoms with E-state index < -0.39 is 0 Å². The first kappa shape index (κ1) is 9.81. The van der Waals surface area contributed by atoms with Gasteiger partial charge >= 0.3 is 6.03 Å². The van der Waals surface area contributed by atoms with Crippen LogP contribution in [0.3, 0.4) is 0 Å². The van der Waals surface area contributed by atoms with E-state index in [0.29, 0.717) is 6.04 Å². The minimum absolute atomic E-state index is 0.0452. The maximum atomic E-state index is 11.4. The van der Waals surface area contributed by atoms with Gasteiger partial charge in [-0.2, -0.15) is 0 Å². The predicted octanol–water partition coefficient (Wildman–Crippen LogP) is 2.03. The lowest BCUT2D eigenvalue weighted by Crippen LogP contribution is -2.43. The highest BCUT2D eigenvalue weighted by Crippen LogP contribution is 2.25. The van der Waals surface area contributed by atoms with Gasteiger partial charge in [-0.25, -0.2) is 4.79 Å².